The molecule has 0 aliphatic carbocycles. The summed E-state index contributed by atoms with van der Waals surface area (Å²) < 4.78 is 11.1. The molecule has 5 heteroatoms. The van der Waals surface area contributed by atoms with E-state index < -0.39 is 0 Å². The standard InChI is InChI=1S/C17H29N3O2/c1-6-18-16(20-13-17(3,4)21-5)19-10-11-22-15-9-7-8-14(2)12-15/h7-9,12H,6,10-11,13H2,1-5H3,(H2,18,19,20). The Morgan fingerprint density at radius 3 is 2.68 bits per heavy atom. The smallest absolute Gasteiger partial charge is 0.191 e. The molecule has 0 saturated carbocycles. The van der Waals surface area contributed by atoms with Gasteiger partial charge < -0.3 is 20.1 Å². The van der Waals surface area contributed by atoms with Crippen LogP contribution < -0.4 is 15.4 Å². The molecule has 124 valence electrons. The number of nitrogens with one attached hydrogen (secondary N) is 2. The third-order valence-corrected chi connectivity index (χ3v) is 3.17. The summed E-state index contributed by atoms with van der Waals surface area (Å²) in [6.07, 6.45) is 0. The van der Waals surface area contributed by atoms with Crippen LogP contribution in [0.2, 0.25) is 0 Å². The average Bonchev–Trinajstić information content (AvgIpc) is 2.49. The highest BCUT2D eigenvalue weighted by Crippen LogP contribution is 2.11. The van der Waals surface area contributed by atoms with E-state index in [0.717, 1.165) is 18.3 Å². The third kappa shape index (κ3) is 7.31. The van der Waals surface area contributed by atoms with Crippen LogP contribution in [0.5, 0.6) is 5.75 Å². The van der Waals surface area contributed by atoms with Crippen LogP contribution in [0.15, 0.2) is 29.3 Å². The van der Waals surface area contributed by atoms with E-state index in [0.29, 0.717) is 19.7 Å². The second kappa shape index (κ2) is 9.30. The SMILES string of the molecule is CCNC(=NCC(C)(C)OC)NCCOc1cccc(C)c1. The van der Waals surface area contributed by atoms with Crippen molar-refractivity contribution in [3.05, 3.63) is 29.8 Å². The van der Waals surface area contributed by atoms with Crippen LogP contribution in [0.25, 0.3) is 0 Å². The number of guanidine groups is 1. The van der Waals surface area contributed by atoms with Gasteiger partial charge in [-0.3, -0.25) is 4.99 Å². The monoisotopic (exact) mass is 307 g/mol. The maximum Gasteiger partial charge on any atom is 0.191 e. The number of hydrogen-bond acceptors (Lipinski definition) is 3. The molecular formula is C17H29N3O2. The fourth-order valence-electron chi connectivity index (χ4n) is 1.72. The molecule has 1 rings (SSSR count). The Balaban J connectivity index is 2.39. The summed E-state index contributed by atoms with van der Waals surface area (Å²) in [4.78, 5) is 4.53. The number of ether oxygens (including phenoxy) is 2. The van der Waals surface area contributed by atoms with Crippen LogP contribution in [0.3, 0.4) is 0 Å². The number of benzene rings is 1. The second-order valence-electron chi connectivity index (χ2n) is 5.75. The molecule has 2 N–H and O–H groups in total. The molecule has 0 radical (unpaired) electrons. The lowest BCUT2D eigenvalue weighted by molar-refractivity contribution is 0.0310. The fraction of sp³-hybridized carbons (Fsp3) is 0.588. The first-order chi connectivity index (χ1) is 10.5. The van der Waals surface area contributed by atoms with Crippen molar-refractivity contribution in [3.8, 4) is 5.75 Å². The van der Waals surface area contributed by atoms with Gasteiger partial charge in [0.1, 0.15) is 12.4 Å². The topological polar surface area (TPSA) is 54.9 Å². The summed E-state index contributed by atoms with van der Waals surface area (Å²) in [5.74, 6) is 1.67. The molecule has 0 aliphatic heterocycles. The number of aryl methyl sites for hydroxylation is 1. The molecule has 0 saturated heterocycles. The summed E-state index contributed by atoms with van der Waals surface area (Å²) >= 11 is 0. The predicted octanol–water partition coefficient (Wildman–Crippen LogP) is 2.35. The highest BCUT2D eigenvalue weighted by molar-refractivity contribution is 5.79. The Morgan fingerprint density at radius 1 is 1.27 bits per heavy atom. The molecule has 0 aliphatic rings. The summed E-state index contributed by atoms with van der Waals surface area (Å²) in [5.41, 5.74) is 0.933. The van der Waals surface area contributed by atoms with Gasteiger partial charge in [-0.1, -0.05) is 12.1 Å². The first-order valence-electron chi connectivity index (χ1n) is 7.73. The van der Waals surface area contributed by atoms with Gasteiger partial charge in [0.05, 0.1) is 18.7 Å². The zero-order valence-electron chi connectivity index (χ0n) is 14.4. The molecule has 0 amide bonds. The highest BCUT2D eigenvalue weighted by atomic mass is 16.5. The van der Waals surface area contributed by atoms with Crippen LogP contribution in [0.1, 0.15) is 26.3 Å². The first-order valence-corrected chi connectivity index (χ1v) is 7.73. The lowest BCUT2D eigenvalue weighted by Crippen LogP contribution is -2.40. The van der Waals surface area contributed by atoms with Gasteiger partial charge in [-0.15, -0.1) is 0 Å². The van der Waals surface area contributed by atoms with Gasteiger partial charge in [-0.2, -0.15) is 0 Å². The quantitative estimate of drug-likeness (QED) is 0.440. The Labute approximate surface area is 134 Å². The van der Waals surface area contributed by atoms with Crippen molar-refractivity contribution in [2.75, 3.05) is 33.4 Å². The third-order valence-electron chi connectivity index (χ3n) is 3.17. The minimum absolute atomic E-state index is 0.263. The number of nitrogens with zero attached hydrogens (tertiary/aromatic N) is 1. The average molecular weight is 307 g/mol. The number of methoxy groups -OCH3 is 1. The largest absolute Gasteiger partial charge is 0.492 e. The summed E-state index contributed by atoms with van der Waals surface area (Å²) in [6.45, 7) is 10.8. The summed E-state index contributed by atoms with van der Waals surface area (Å²) in [7, 11) is 1.70. The van der Waals surface area contributed by atoms with Gasteiger partial charge >= 0.3 is 0 Å². The lowest BCUT2D eigenvalue weighted by Gasteiger charge is -2.21. The van der Waals surface area contributed by atoms with Gasteiger partial charge in [0.2, 0.25) is 0 Å². The van der Waals surface area contributed by atoms with E-state index >= 15 is 0 Å². The molecule has 5 nitrogen and oxygen atoms in total. The van der Waals surface area contributed by atoms with Crippen molar-refractivity contribution < 1.29 is 9.47 Å². The van der Waals surface area contributed by atoms with Crippen LogP contribution in [-0.4, -0.2) is 44.9 Å². The lowest BCUT2D eigenvalue weighted by atomic mass is 10.1. The fourth-order valence-corrected chi connectivity index (χ4v) is 1.72. The predicted molar refractivity (Wildman–Crippen MR) is 91.7 cm³/mol. The first kappa shape index (κ1) is 18.3. The molecule has 22 heavy (non-hydrogen) atoms. The molecule has 0 spiro atoms. The Bertz CT molecular complexity index is 473. The van der Waals surface area contributed by atoms with Crippen molar-refractivity contribution in [2.24, 2.45) is 4.99 Å². The van der Waals surface area contributed by atoms with E-state index in [9.17, 15) is 0 Å². The van der Waals surface area contributed by atoms with Crippen molar-refractivity contribution in [2.45, 2.75) is 33.3 Å². The van der Waals surface area contributed by atoms with Crippen molar-refractivity contribution in [1.29, 1.82) is 0 Å². The Kier molecular flexibility index (Phi) is 7.74. The van der Waals surface area contributed by atoms with E-state index in [-0.39, 0.29) is 5.60 Å². The van der Waals surface area contributed by atoms with Crippen molar-refractivity contribution in [3.63, 3.8) is 0 Å². The van der Waals surface area contributed by atoms with Gasteiger partial charge in [-0.25, -0.2) is 0 Å². The maximum absolute atomic E-state index is 5.71. The summed E-state index contributed by atoms with van der Waals surface area (Å²) in [5, 5.41) is 6.48. The minimum Gasteiger partial charge on any atom is -0.492 e. The number of rotatable bonds is 8. The number of hydrogen-bond donors (Lipinski definition) is 2. The van der Waals surface area contributed by atoms with Gasteiger partial charge in [0, 0.05) is 13.7 Å². The zero-order chi connectivity index (χ0) is 16.4. The molecule has 0 aromatic heterocycles. The molecule has 0 unspecified atom stereocenters. The number of aliphatic imine (C=N–C) groups is 1. The summed E-state index contributed by atoms with van der Waals surface area (Å²) in [6, 6.07) is 8.04. The van der Waals surface area contributed by atoms with Gasteiger partial charge in [0.25, 0.3) is 0 Å². The van der Waals surface area contributed by atoms with E-state index in [1.807, 2.05) is 39.0 Å². The normalized spacial score (nSPS) is 12.1. The second-order valence-corrected chi connectivity index (χ2v) is 5.75. The van der Waals surface area contributed by atoms with Crippen LogP contribution >= 0.6 is 0 Å². The molecule has 0 heterocycles. The molecule has 1 aromatic rings. The van der Waals surface area contributed by atoms with Crippen molar-refractivity contribution >= 4 is 5.96 Å². The maximum atomic E-state index is 5.71. The van der Waals surface area contributed by atoms with Crippen LogP contribution in [-0.2, 0) is 4.74 Å². The van der Waals surface area contributed by atoms with Crippen LogP contribution in [0.4, 0.5) is 0 Å². The van der Waals surface area contributed by atoms with Crippen molar-refractivity contribution in [1.82, 2.24) is 10.6 Å². The molecular weight excluding hydrogens is 278 g/mol. The van der Waals surface area contributed by atoms with Crippen LogP contribution in [0, 0.1) is 6.92 Å². The Morgan fingerprint density at radius 2 is 2.05 bits per heavy atom. The van der Waals surface area contributed by atoms with Gasteiger partial charge in [-0.05, 0) is 45.4 Å². The zero-order valence-corrected chi connectivity index (χ0v) is 14.4. The molecule has 0 fully saturated rings. The van der Waals surface area contributed by atoms with E-state index in [2.05, 4.69) is 28.6 Å². The molecule has 1 aromatic carbocycles. The minimum atomic E-state index is -0.263. The molecule has 0 atom stereocenters. The molecule has 0 bridgehead atoms. The van der Waals surface area contributed by atoms with Gasteiger partial charge in [0.15, 0.2) is 5.96 Å². The van der Waals surface area contributed by atoms with E-state index in [4.69, 9.17) is 9.47 Å². The highest BCUT2D eigenvalue weighted by Gasteiger charge is 2.15. The Hall–Kier alpha value is -1.75. The van der Waals surface area contributed by atoms with E-state index in [1.54, 1.807) is 7.11 Å². The van der Waals surface area contributed by atoms with E-state index in [1.165, 1.54) is 5.56 Å².